The molecule has 0 radical (unpaired) electrons. The lowest BCUT2D eigenvalue weighted by Crippen LogP contribution is -2.25. The summed E-state index contributed by atoms with van der Waals surface area (Å²) in [4.78, 5) is 16.2. The van der Waals surface area contributed by atoms with E-state index in [-0.39, 0.29) is 12.1 Å². The van der Waals surface area contributed by atoms with Crippen molar-refractivity contribution < 1.29 is 9.26 Å². The molecule has 36 heavy (non-hydrogen) atoms. The first-order valence-electron chi connectivity index (χ1n) is 12.2. The lowest BCUT2D eigenvalue weighted by molar-refractivity contribution is 0.0870. The van der Waals surface area contributed by atoms with E-state index in [1.165, 1.54) is 0 Å². The van der Waals surface area contributed by atoms with Crippen LogP contribution in [-0.4, -0.2) is 56.1 Å². The van der Waals surface area contributed by atoms with Crippen LogP contribution in [0.15, 0.2) is 47.1 Å². The van der Waals surface area contributed by atoms with Crippen LogP contribution in [0.5, 0.6) is 0 Å². The minimum atomic E-state index is -0.0186. The first-order valence-corrected chi connectivity index (χ1v) is 12.2. The molecule has 0 amide bonds. The Morgan fingerprint density at radius 1 is 1.14 bits per heavy atom. The van der Waals surface area contributed by atoms with Crippen LogP contribution < -0.4 is 15.5 Å². The van der Waals surface area contributed by atoms with E-state index in [1.54, 1.807) is 6.20 Å². The second-order valence-electron chi connectivity index (χ2n) is 9.03. The van der Waals surface area contributed by atoms with Crippen LogP contribution in [0.1, 0.15) is 44.2 Å². The van der Waals surface area contributed by atoms with Crippen molar-refractivity contribution in [2.75, 3.05) is 35.2 Å². The van der Waals surface area contributed by atoms with Crippen LogP contribution in [0.2, 0.25) is 0 Å². The fourth-order valence-corrected chi connectivity index (χ4v) is 4.19. The molecule has 0 spiro atoms. The predicted molar refractivity (Wildman–Crippen MR) is 137 cm³/mol. The summed E-state index contributed by atoms with van der Waals surface area (Å²) in [6.45, 7) is 8.02. The smallest absolute Gasteiger partial charge is 0.229 e. The number of hydrogen-bond acceptors (Lipinski definition) is 10. The molecule has 3 N–H and O–H groups in total. The van der Waals surface area contributed by atoms with Gasteiger partial charge in [-0.15, -0.1) is 0 Å². The number of nitrogens with zero attached hydrogens (tertiary/aromatic N) is 6. The van der Waals surface area contributed by atoms with Gasteiger partial charge in [-0.3, -0.25) is 10.1 Å². The molecule has 0 bridgehead atoms. The number of aromatic amines is 1. The average Bonchev–Trinajstić information content (AvgIpc) is 3.63. The normalized spacial score (nSPS) is 15.6. The highest BCUT2D eigenvalue weighted by Gasteiger charge is 2.32. The van der Waals surface area contributed by atoms with Crippen molar-refractivity contribution in [3.63, 3.8) is 0 Å². The van der Waals surface area contributed by atoms with Crippen molar-refractivity contribution in [3.8, 4) is 11.4 Å². The lowest BCUT2D eigenvalue weighted by Gasteiger charge is -2.23. The van der Waals surface area contributed by atoms with Crippen molar-refractivity contribution in [2.45, 2.75) is 45.8 Å². The first-order chi connectivity index (χ1) is 17.5. The molecule has 4 aromatic rings. The van der Waals surface area contributed by atoms with E-state index in [0.717, 1.165) is 42.2 Å². The van der Waals surface area contributed by atoms with E-state index >= 15 is 0 Å². The Balaban J connectivity index is 1.40. The van der Waals surface area contributed by atoms with Crippen LogP contribution in [0.3, 0.4) is 0 Å². The highest BCUT2D eigenvalue weighted by molar-refractivity contribution is 5.60. The fourth-order valence-electron chi connectivity index (χ4n) is 4.19. The molecule has 1 saturated heterocycles. The fraction of sp³-hybridized carbons (Fsp3) is 0.400. The Morgan fingerprint density at radius 3 is 2.81 bits per heavy atom. The van der Waals surface area contributed by atoms with Crippen molar-refractivity contribution in [1.82, 2.24) is 30.3 Å². The monoisotopic (exact) mass is 489 g/mol. The molecule has 0 unspecified atom stereocenters. The van der Waals surface area contributed by atoms with E-state index in [4.69, 9.17) is 19.2 Å². The maximum Gasteiger partial charge on any atom is 0.229 e. The summed E-state index contributed by atoms with van der Waals surface area (Å²) < 4.78 is 11.4. The third kappa shape index (κ3) is 5.62. The molecule has 5 rings (SSSR count). The summed E-state index contributed by atoms with van der Waals surface area (Å²) in [6.07, 6.45) is 3.84. The second kappa shape index (κ2) is 10.7. The van der Waals surface area contributed by atoms with Gasteiger partial charge < -0.3 is 24.8 Å². The van der Waals surface area contributed by atoms with Gasteiger partial charge in [-0.25, -0.2) is 0 Å². The minimum Gasteiger partial charge on any atom is -0.377 e. The molecule has 5 heterocycles. The first kappa shape index (κ1) is 23.7. The van der Waals surface area contributed by atoms with Crippen LogP contribution in [-0.2, 0) is 4.74 Å². The van der Waals surface area contributed by atoms with Gasteiger partial charge in [0.05, 0.1) is 24.4 Å². The maximum atomic E-state index is 5.77. The van der Waals surface area contributed by atoms with Gasteiger partial charge in [0.25, 0.3) is 0 Å². The van der Waals surface area contributed by atoms with Gasteiger partial charge in [-0.1, -0.05) is 11.2 Å². The molecule has 0 aliphatic carbocycles. The summed E-state index contributed by atoms with van der Waals surface area (Å²) in [5.74, 6) is 3.44. The van der Waals surface area contributed by atoms with E-state index < -0.39 is 0 Å². The van der Waals surface area contributed by atoms with Crippen LogP contribution in [0.4, 0.5) is 23.4 Å². The molecule has 188 valence electrons. The molecular formula is C25H31N9O2. The molecule has 4 aromatic heterocycles. The van der Waals surface area contributed by atoms with E-state index in [0.29, 0.717) is 36.6 Å². The summed E-state index contributed by atoms with van der Waals surface area (Å²) in [6, 6.07) is 11.5. The van der Waals surface area contributed by atoms with Gasteiger partial charge >= 0.3 is 0 Å². The number of H-pyrrole nitrogens is 1. The third-order valence-electron chi connectivity index (χ3n) is 5.83. The van der Waals surface area contributed by atoms with Crippen LogP contribution in [0, 0.1) is 6.92 Å². The Labute approximate surface area is 209 Å². The van der Waals surface area contributed by atoms with Gasteiger partial charge in [0, 0.05) is 43.2 Å². The summed E-state index contributed by atoms with van der Waals surface area (Å²) in [7, 11) is 0. The van der Waals surface area contributed by atoms with Gasteiger partial charge in [-0.05, 0) is 45.7 Å². The number of rotatable bonds is 10. The number of anilines is 4. The molecular weight excluding hydrogens is 458 g/mol. The Morgan fingerprint density at radius 2 is 2.03 bits per heavy atom. The standard InChI is InChI=1S/C25H31N9O2/c1-16(2)35-12-10-27-22-15-23(28-24-13-17(3)31-32-24)30-25(29-22)34-11-6-8-20(34)21-14-19(33-36-21)18-7-4-5-9-26-18/h4-5,7,9,13-16,20H,6,8,10-12H2,1-3H3,(H3,27,28,29,30,31,32)/t20-/m0/s1. The van der Waals surface area contributed by atoms with Crippen LogP contribution >= 0.6 is 0 Å². The highest BCUT2D eigenvalue weighted by atomic mass is 16.5. The average molecular weight is 490 g/mol. The largest absolute Gasteiger partial charge is 0.377 e. The van der Waals surface area contributed by atoms with E-state index in [9.17, 15) is 0 Å². The van der Waals surface area contributed by atoms with E-state index in [2.05, 4.69) is 35.9 Å². The molecule has 1 aliphatic rings. The number of aromatic nitrogens is 6. The molecule has 1 fully saturated rings. The third-order valence-corrected chi connectivity index (χ3v) is 5.83. The van der Waals surface area contributed by atoms with Gasteiger partial charge in [0.15, 0.2) is 11.6 Å². The van der Waals surface area contributed by atoms with Gasteiger partial charge in [0.1, 0.15) is 17.3 Å². The number of aryl methyl sites for hydroxylation is 1. The zero-order chi connectivity index (χ0) is 24.9. The highest BCUT2D eigenvalue weighted by Crippen LogP contribution is 2.37. The molecule has 11 heteroatoms. The Hall–Kier alpha value is -3.99. The van der Waals surface area contributed by atoms with Gasteiger partial charge in [0.2, 0.25) is 5.95 Å². The number of ether oxygens (including phenoxy) is 1. The van der Waals surface area contributed by atoms with Crippen molar-refractivity contribution in [2.24, 2.45) is 0 Å². The van der Waals surface area contributed by atoms with Crippen molar-refractivity contribution in [3.05, 3.63) is 54.0 Å². The summed E-state index contributed by atoms with van der Waals surface area (Å²) >= 11 is 0. The molecule has 1 atom stereocenters. The number of pyridine rings is 1. The number of nitrogens with one attached hydrogen (secondary N) is 3. The van der Waals surface area contributed by atoms with Crippen molar-refractivity contribution in [1.29, 1.82) is 0 Å². The zero-order valence-corrected chi connectivity index (χ0v) is 20.7. The summed E-state index contributed by atoms with van der Waals surface area (Å²) in [5.41, 5.74) is 2.46. The molecule has 0 aromatic carbocycles. The Bertz CT molecular complexity index is 1270. The Kier molecular flexibility index (Phi) is 7.08. The SMILES string of the molecule is Cc1cc(Nc2cc(NCCOC(C)C)nc(N3CCC[C@H]3c3cc(-c4ccccn4)no3)n2)n[nH]1. The quantitative estimate of drug-likeness (QED) is 0.274. The van der Waals surface area contributed by atoms with E-state index in [1.807, 2.05) is 57.2 Å². The van der Waals surface area contributed by atoms with Crippen molar-refractivity contribution >= 4 is 23.4 Å². The lowest BCUT2D eigenvalue weighted by atomic mass is 10.1. The zero-order valence-electron chi connectivity index (χ0n) is 20.7. The number of hydrogen-bond donors (Lipinski definition) is 3. The van der Waals surface area contributed by atoms with Crippen LogP contribution in [0.25, 0.3) is 11.4 Å². The maximum absolute atomic E-state index is 5.77. The topological polar surface area (TPSA) is 130 Å². The molecule has 11 nitrogen and oxygen atoms in total. The molecule has 0 saturated carbocycles. The second-order valence-corrected chi connectivity index (χ2v) is 9.03. The molecule has 1 aliphatic heterocycles. The van der Waals surface area contributed by atoms with Gasteiger partial charge in [-0.2, -0.15) is 15.1 Å². The minimum absolute atomic E-state index is 0.0186. The summed E-state index contributed by atoms with van der Waals surface area (Å²) in [5, 5.41) is 18.1. The predicted octanol–water partition coefficient (Wildman–Crippen LogP) is 4.48.